The number of anilines is 1. The second-order valence-corrected chi connectivity index (χ2v) is 7.76. The van der Waals surface area contributed by atoms with Crippen LogP contribution >= 0.6 is 23.2 Å². The Morgan fingerprint density at radius 3 is 2.74 bits per heavy atom. The van der Waals surface area contributed by atoms with E-state index in [2.05, 4.69) is 28.8 Å². The quantitative estimate of drug-likeness (QED) is 0.781. The van der Waals surface area contributed by atoms with Crippen LogP contribution in [0, 0.1) is 0 Å². The van der Waals surface area contributed by atoms with Gasteiger partial charge in [-0.15, -0.1) is 0 Å². The number of benzene rings is 2. The molecule has 2 aromatic carbocycles. The van der Waals surface area contributed by atoms with Crippen LogP contribution in [-0.2, 0) is 11.2 Å². The molecule has 0 radical (unpaired) electrons. The fraction of sp³-hybridized carbons (Fsp3) is 0.286. The molecule has 0 aromatic heterocycles. The highest BCUT2D eigenvalue weighted by Crippen LogP contribution is 2.38. The molecule has 0 fully saturated rings. The van der Waals surface area contributed by atoms with E-state index in [1.165, 1.54) is 11.1 Å². The summed E-state index contributed by atoms with van der Waals surface area (Å²) in [6.45, 7) is 2.62. The van der Waals surface area contributed by atoms with Gasteiger partial charge in [-0.3, -0.25) is 4.79 Å². The van der Waals surface area contributed by atoms with E-state index in [9.17, 15) is 4.79 Å². The van der Waals surface area contributed by atoms with Gasteiger partial charge < -0.3 is 15.4 Å². The van der Waals surface area contributed by atoms with Gasteiger partial charge in [0, 0.05) is 11.1 Å². The molecule has 2 atom stereocenters. The standard InChI is InChI=1S/C21H20Cl2N2O2/c1-12-21(26)25-19-10-13(9-18(23)20(19)27-12)8-17-11-15(6-7-24-17)14-2-4-16(22)5-3-14/h2-5,9-12,17,24H,6-8H2,1H3,(H,25,26). The van der Waals surface area contributed by atoms with Crippen molar-refractivity contribution in [2.24, 2.45) is 0 Å². The Kier molecular flexibility index (Phi) is 5.13. The number of halogens is 2. The van der Waals surface area contributed by atoms with Crippen molar-refractivity contribution in [2.75, 3.05) is 11.9 Å². The summed E-state index contributed by atoms with van der Waals surface area (Å²) in [6.07, 6.45) is 3.48. The van der Waals surface area contributed by atoms with Gasteiger partial charge in [0.2, 0.25) is 0 Å². The molecule has 27 heavy (non-hydrogen) atoms. The summed E-state index contributed by atoms with van der Waals surface area (Å²) in [5.74, 6) is 0.387. The van der Waals surface area contributed by atoms with Gasteiger partial charge >= 0.3 is 0 Å². The first-order valence-electron chi connectivity index (χ1n) is 8.99. The summed E-state index contributed by atoms with van der Waals surface area (Å²) < 4.78 is 5.62. The van der Waals surface area contributed by atoms with E-state index in [4.69, 9.17) is 27.9 Å². The molecule has 140 valence electrons. The molecule has 2 aliphatic heterocycles. The molecule has 0 spiro atoms. The minimum Gasteiger partial charge on any atom is -0.477 e. The van der Waals surface area contributed by atoms with Crippen LogP contribution in [-0.4, -0.2) is 24.6 Å². The lowest BCUT2D eigenvalue weighted by atomic mass is 9.94. The number of ether oxygens (including phenoxy) is 1. The summed E-state index contributed by atoms with van der Waals surface area (Å²) in [5.41, 5.74) is 4.19. The Morgan fingerprint density at radius 2 is 1.96 bits per heavy atom. The van der Waals surface area contributed by atoms with E-state index >= 15 is 0 Å². The third-order valence-corrected chi connectivity index (χ3v) is 5.43. The zero-order valence-corrected chi connectivity index (χ0v) is 16.4. The summed E-state index contributed by atoms with van der Waals surface area (Å²) in [5, 5.41) is 7.66. The van der Waals surface area contributed by atoms with Crippen molar-refractivity contribution in [3.05, 3.63) is 63.6 Å². The van der Waals surface area contributed by atoms with Gasteiger partial charge in [0.25, 0.3) is 5.91 Å². The van der Waals surface area contributed by atoms with Crippen molar-refractivity contribution in [1.82, 2.24) is 5.32 Å². The topological polar surface area (TPSA) is 50.4 Å². The lowest BCUT2D eigenvalue weighted by molar-refractivity contribution is -0.122. The van der Waals surface area contributed by atoms with Gasteiger partial charge in [0.1, 0.15) is 0 Å². The summed E-state index contributed by atoms with van der Waals surface area (Å²) >= 11 is 12.4. The average molecular weight is 403 g/mol. The first-order valence-corrected chi connectivity index (χ1v) is 9.75. The van der Waals surface area contributed by atoms with Crippen molar-refractivity contribution in [3.63, 3.8) is 0 Å². The normalized spacial score (nSPS) is 21.7. The molecule has 0 aliphatic carbocycles. The summed E-state index contributed by atoms with van der Waals surface area (Å²) in [7, 11) is 0. The van der Waals surface area contributed by atoms with Crippen LogP contribution in [0.1, 0.15) is 24.5 Å². The largest absolute Gasteiger partial charge is 0.477 e. The highest BCUT2D eigenvalue weighted by Gasteiger charge is 2.26. The van der Waals surface area contributed by atoms with E-state index in [-0.39, 0.29) is 11.9 Å². The van der Waals surface area contributed by atoms with Crippen molar-refractivity contribution < 1.29 is 9.53 Å². The van der Waals surface area contributed by atoms with Gasteiger partial charge in [-0.05, 0) is 67.3 Å². The van der Waals surface area contributed by atoms with Crippen LogP contribution in [0.5, 0.6) is 5.75 Å². The zero-order valence-electron chi connectivity index (χ0n) is 14.9. The van der Waals surface area contributed by atoms with Crippen LogP contribution in [0.3, 0.4) is 0 Å². The van der Waals surface area contributed by atoms with Gasteiger partial charge in [-0.1, -0.05) is 41.4 Å². The van der Waals surface area contributed by atoms with Gasteiger partial charge in [0.05, 0.1) is 10.7 Å². The minimum absolute atomic E-state index is 0.156. The third kappa shape index (κ3) is 3.98. The molecule has 0 saturated carbocycles. The van der Waals surface area contributed by atoms with Crippen LogP contribution in [0.2, 0.25) is 10.0 Å². The Morgan fingerprint density at radius 1 is 1.19 bits per heavy atom. The fourth-order valence-corrected chi connectivity index (χ4v) is 3.92. The molecule has 2 aromatic rings. The molecule has 4 rings (SSSR count). The lowest BCUT2D eigenvalue weighted by Gasteiger charge is -2.26. The van der Waals surface area contributed by atoms with Crippen molar-refractivity contribution >= 4 is 40.4 Å². The van der Waals surface area contributed by atoms with Crippen LogP contribution in [0.4, 0.5) is 5.69 Å². The van der Waals surface area contributed by atoms with Gasteiger partial charge in [0.15, 0.2) is 11.9 Å². The Bertz CT molecular complexity index is 909. The fourth-order valence-electron chi connectivity index (χ4n) is 3.51. The molecule has 1 amide bonds. The summed E-state index contributed by atoms with van der Waals surface area (Å²) in [4.78, 5) is 11.9. The molecule has 2 aliphatic rings. The Labute approximate surface area is 168 Å². The number of carbonyl (C=O) groups excluding carboxylic acids is 1. The number of carbonyl (C=O) groups is 1. The maximum atomic E-state index is 11.9. The molecule has 2 unspecified atom stereocenters. The second-order valence-electron chi connectivity index (χ2n) is 6.92. The molecule has 0 saturated heterocycles. The Balaban J connectivity index is 1.56. The average Bonchev–Trinajstić information content (AvgIpc) is 2.64. The van der Waals surface area contributed by atoms with Crippen LogP contribution in [0.15, 0.2) is 42.5 Å². The van der Waals surface area contributed by atoms with Crippen LogP contribution in [0.25, 0.3) is 5.57 Å². The molecule has 6 heteroatoms. The second kappa shape index (κ2) is 7.55. The van der Waals surface area contributed by atoms with Crippen molar-refractivity contribution in [2.45, 2.75) is 31.9 Å². The van der Waals surface area contributed by atoms with Crippen LogP contribution < -0.4 is 15.4 Å². The molecule has 4 nitrogen and oxygen atoms in total. The van der Waals surface area contributed by atoms with E-state index in [1.807, 2.05) is 24.3 Å². The SMILES string of the molecule is CC1Oc2c(Cl)cc(CC3C=C(c4ccc(Cl)cc4)CCN3)cc2NC1=O. The monoisotopic (exact) mass is 402 g/mol. The molecule has 2 N–H and O–H groups in total. The maximum absolute atomic E-state index is 11.9. The predicted molar refractivity (Wildman–Crippen MR) is 110 cm³/mol. The molecule has 0 bridgehead atoms. The predicted octanol–water partition coefficient (Wildman–Crippen LogP) is 4.70. The van der Waals surface area contributed by atoms with Crippen molar-refractivity contribution in [3.8, 4) is 5.75 Å². The molecule has 2 heterocycles. The van der Waals surface area contributed by atoms with Crippen molar-refractivity contribution in [1.29, 1.82) is 0 Å². The first kappa shape index (κ1) is 18.4. The zero-order chi connectivity index (χ0) is 19.0. The van der Waals surface area contributed by atoms with Gasteiger partial charge in [-0.2, -0.15) is 0 Å². The smallest absolute Gasteiger partial charge is 0.265 e. The van der Waals surface area contributed by atoms with E-state index < -0.39 is 6.10 Å². The number of hydrogen-bond donors (Lipinski definition) is 2. The maximum Gasteiger partial charge on any atom is 0.265 e. The molecular formula is C21H20Cl2N2O2. The number of fused-ring (bicyclic) bond motifs is 1. The molecular weight excluding hydrogens is 383 g/mol. The number of nitrogens with one attached hydrogen (secondary N) is 2. The highest BCUT2D eigenvalue weighted by atomic mass is 35.5. The third-order valence-electron chi connectivity index (χ3n) is 4.90. The Hall–Kier alpha value is -2.01. The number of amides is 1. The minimum atomic E-state index is -0.536. The van der Waals surface area contributed by atoms with E-state index in [0.29, 0.717) is 16.5 Å². The number of hydrogen-bond acceptors (Lipinski definition) is 3. The lowest BCUT2D eigenvalue weighted by Crippen LogP contribution is -2.35. The number of rotatable bonds is 3. The van der Waals surface area contributed by atoms with E-state index in [1.54, 1.807) is 6.92 Å². The van der Waals surface area contributed by atoms with Gasteiger partial charge in [-0.25, -0.2) is 0 Å². The first-order chi connectivity index (χ1) is 13.0. The van der Waals surface area contributed by atoms with E-state index in [0.717, 1.165) is 30.0 Å². The highest BCUT2D eigenvalue weighted by molar-refractivity contribution is 6.33. The summed E-state index contributed by atoms with van der Waals surface area (Å²) in [6, 6.07) is 12.0.